The molecule has 4 heteroatoms. The Labute approximate surface area is 99.5 Å². The molecule has 0 fully saturated rings. The van der Waals surface area contributed by atoms with Crippen LogP contribution >= 0.6 is 0 Å². The summed E-state index contributed by atoms with van der Waals surface area (Å²) in [7, 11) is 0. The van der Waals surface area contributed by atoms with Crippen LogP contribution in [-0.4, -0.2) is 20.3 Å². The van der Waals surface area contributed by atoms with Crippen molar-refractivity contribution < 1.29 is 5.11 Å². The van der Waals surface area contributed by atoms with Crippen LogP contribution in [0.2, 0.25) is 0 Å². The van der Waals surface area contributed by atoms with Gasteiger partial charge in [-0.15, -0.1) is 0 Å². The molecular weight excluding hydrogens is 216 g/mol. The van der Waals surface area contributed by atoms with Crippen molar-refractivity contribution in [2.45, 2.75) is 32.9 Å². The van der Waals surface area contributed by atoms with Crippen molar-refractivity contribution >= 4 is 10.9 Å². The Morgan fingerprint density at radius 2 is 2.00 bits per heavy atom. The van der Waals surface area contributed by atoms with Crippen LogP contribution in [0.3, 0.4) is 0 Å². The van der Waals surface area contributed by atoms with E-state index in [2.05, 4.69) is 4.98 Å². The summed E-state index contributed by atoms with van der Waals surface area (Å²) < 4.78 is 1.52. The molecule has 0 bridgehead atoms. The molecule has 2 rings (SSSR count). The average molecular weight is 232 g/mol. The van der Waals surface area contributed by atoms with Crippen LogP contribution in [0.15, 0.2) is 29.1 Å². The van der Waals surface area contributed by atoms with Crippen LogP contribution in [0.1, 0.15) is 19.7 Å². The fourth-order valence-electron chi connectivity index (χ4n) is 1.85. The standard InChI is InChI=1S/C13H16N2O2/c1-9-14-11-7-5-4-6-10(11)12(16)15(9)8-13(2,3)17/h4-7,17H,8H2,1-3H3. The van der Waals surface area contributed by atoms with Gasteiger partial charge in [-0.05, 0) is 32.9 Å². The number of hydrogen-bond donors (Lipinski definition) is 1. The summed E-state index contributed by atoms with van der Waals surface area (Å²) in [5.74, 6) is 0.621. The topological polar surface area (TPSA) is 55.1 Å². The second-order valence-electron chi connectivity index (χ2n) is 4.88. The summed E-state index contributed by atoms with van der Waals surface area (Å²) in [6, 6.07) is 7.24. The molecule has 0 saturated heterocycles. The number of hydrogen-bond acceptors (Lipinski definition) is 3. The van der Waals surface area contributed by atoms with Gasteiger partial charge in [-0.25, -0.2) is 4.98 Å². The molecule has 0 radical (unpaired) electrons. The maximum atomic E-state index is 12.2. The van der Waals surface area contributed by atoms with Crippen molar-refractivity contribution in [1.82, 2.24) is 9.55 Å². The molecule has 1 aromatic heterocycles. The lowest BCUT2D eigenvalue weighted by molar-refractivity contribution is 0.0596. The lowest BCUT2D eigenvalue weighted by Crippen LogP contribution is -2.34. The predicted octanol–water partition coefficient (Wildman–Crippen LogP) is 1.48. The fourth-order valence-corrected chi connectivity index (χ4v) is 1.85. The van der Waals surface area contributed by atoms with Crippen LogP contribution in [-0.2, 0) is 6.54 Å². The first-order valence-electron chi connectivity index (χ1n) is 5.57. The number of fused-ring (bicyclic) bond motifs is 1. The van der Waals surface area contributed by atoms with Gasteiger partial charge in [0.15, 0.2) is 0 Å². The first kappa shape index (κ1) is 11.8. The molecule has 4 nitrogen and oxygen atoms in total. The Morgan fingerprint density at radius 1 is 1.35 bits per heavy atom. The largest absolute Gasteiger partial charge is 0.389 e. The molecule has 0 saturated carbocycles. The van der Waals surface area contributed by atoms with E-state index in [0.29, 0.717) is 16.7 Å². The van der Waals surface area contributed by atoms with E-state index in [0.717, 1.165) is 0 Å². The zero-order chi connectivity index (χ0) is 12.6. The van der Waals surface area contributed by atoms with E-state index in [-0.39, 0.29) is 12.1 Å². The monoisotopic (exact) mass is 232 g/mol. The Bertz CT molecular complexity index is 609. The minimum atomic E-state index is -0.932. The number of nitrogens with zero attached hydrogens (tertiary/aromatic N) is 2. The summed E-state index contributed by atoms with van der Waals surface area (Å²) in [5.41, 5.74) is -0.337. The van der Waals surface area contributed by atoms with Crippen molar-refractivity contribution in [3.05, 3.63) is 40.4 Å². The third-order valence-corrected chi connectivity index (χ3v) is 2.60. The normalized spacial score (nSPS) is 12.0. The Morgan fingerprint density at radius 3 is 2.65 bits per heavy atom. The van der Waals surface area contributed by atoms with E-state index in [1.54, 1.807) is 26.8 Å². The summed E-state index contributed by atoms with van der Waals surface area (Å²) in [6.07, 6.45) is 0. The lowest BCUT2D eigenvalue weighted by atomic mass is 10.1. The SMILES string of the molecule is Cc1nc2ccccc2c(=O)n1CC(C)(C)O. The number of aromatic nitrogens is 2. The fraction of sp³-hybridized carbons (Fsp3) is 0.385. The molecular formula is C13H16N2O2. The van der Waals surface area contributed by atoms with Crippen molar-refractivity contribution in [3.8, 4) is 0 Å². The Hall–Kier alpha value is -1.68. The van der Waals surface area contributed by atoms with E-state index in [4.69, 9.17) is 0 Å². The lowest BCUT2D eigenvalue weighted by Gasteiger charge is -2.20. The second-order valence-corrected chi connectivity index (χ2v) is 4.88. The Balaban J connectivity index is 2.68. The molecule has 1 heterocycles. The molecule has 17 heavy (non-hydrogen) atoms. The predicted molar refractivity (Wildman–Crippen MR) is 67.0 cm³/mol. The smallest absolute Gasteiger partial charge is 0.261 e. The van der Waals surface area contributed by atoms with Gasteiger partial charge in [0, 0.05) is 0 Å². The van der Waals surface area contributed by atoms with E-state index in [1.807, 2.05) is 18.2 Å². The molecule has 0 unspecified atom stereocenters. The van der Waals surface area contributed by atoms with Gasteiger partial charge < -0.3 is 5.11 Å². The molecule has 0 aliphatic carbocycles. The van der Waals surface area contributed by atoms with Crippen LogP contribution < -0.4 is 5.56 Å². The number of benzene rings is 1. The molecule has 0 spiro atoms. The third-order valence-electron chi connectivity index (χ3n) is 2.60. The third kappa shape index (κ3) is 2.36. The minimum absolute atomic E-state index is 0.102. The number of para-hydroxylation sites is 1. The molecule has 1 aromatic carbocycles. The summed E-state index contributed by atoms with van der Waals surface area (Å²) in [6.45, 7) is 5.37. The highest BCUT2D eigenvalue weighted by Crippen LogP contribution is 2.10. The molecule has 2 aromatic rings. The maximum absolute atomic E-state index is 12.2. The van der Waals surface area contributed by atoms with Crippen LogP contribution in [0.5, 0.6) is 0 Å². The van der Waals surface area contributed by atoms with Crippen LogP contribution in [0, 0.1) is 6.92 Å². The zero-order valence-corrected chi connectivity index (χ0v) is 10.3. The molecule has 0 aliphatic heterocycles. The number of aliphatic hydroxyl groups is 1. The first-order valence-corrected chi connectivity index (χ1v) is 5.57. The van der Waals surface area contributed by atoms with Crippen molar-refractivity contribution in [2.75, 3.05) is 0 Å². The summed E-state index contributed by atoms with van der Waals surface area (Å²) in [5, 5.41) is 10.4. The highest BCUT2D eigenvalue weighted by atomic mass is 16.3. The quantitative estimate of drug-likeness (QED) is 0.853. The van der Waals surface area contributed by atoms with Gasteiger partial charge >= 0.3 is 0 Å². The zero-order valence-electron chi connectivity index (χ0n) is 10.3. The van der Waals surface area contributed by atoms with E-state index < -0.39 is 5.60 Å². The average Bonchev–Trinajstić information content (AvgIpc) is 2.23. The highest BCUT2D eigenvalue weighted by molar-refractivity contribution is 5.77. The van der Waals surface area contributed by atoms with Gasteiger partial charge in [-0.2, -0.15) is 0 Å². The minimum Gasteiger partial charge on any atom is -0.389 e. The number of rotatable bonds is 2. The summed E-state index contributed by atoms with van der Waals surface area (Å²) >= 11 is 0. The van der Waals surface area contributed by atoms with Crippen molar-refractivity contribution in [2.24, 2.45) is 0 Å². The molecule has 0 amide bonds. The molecule has 0 aliphatic rings. The van der Waals surface area contributed by atoms with Gasteiger partial charge in [-0.1, -0.05) is 12.1 Å². The van der Waals surface area contributed by atoms with Crippen LogP contribution in [0.25, 0.3) is 10.9 Å². The maximum Gasteiger partial charge on any atom is 0.261 e. The van der Waals surface area contributed by atoms with Gasteiger partial charge in [0.25, 0.3) is 5.56 Å². The van der Waals surface area contributed by atoms with Gasteiger partial charge in [0.2, 0.25) is 0 Å². The van der Waals surface area contributed by atoms with E-state index in [9.17, 15) is 9.90 Å². The molecule has 0 atom stereocenters. The van der Waals surface area contributed by atoms with Crippen molar-refractivity contribution in [3.63, 3.8) is 0 Å². The van der Waals surface area contributed by atoms with E-state index in [1.165, 1.54) is 4.57 Å². The summed E-state index contributed by atoms with van der Waals surface area (Å²) in [4.78, 5) is 16.6. The van der Waals surface area contributed by atoms with Crippen molar-refractivity contribution in [1.29, 1.82) is 0 Å². The second kappa shape index (κ2) is 3.96. The highest BCUT2D eigenvalue weighted by Gasteiger charge is 2.17. The molecule has 90 valence electrons. The van der Waals surface area contributed by atoms with Crippen LogP contribution in [0.4, 0.5) is 0 Å². The molecule has 1 N–H and O–H groups in total. The Kier molecular flexibility index (Phi) is 2.75. The van der Waals surface area contributed by atoms with Gasteiger partial charge in [0.1, 0.15) is 5.82 Å². The van der Waals surface area contributed by atoms with Gasteiger partial charge in [0.05, 0.1) is 23.0 Å². The first-order chi connectivity index (χ1) is 7.88. The van der Waals surface area contributed by atoms with E-state index >= 15 is 0 Å². The van der Waals surface area contributed by atoms with Gasteiger partial charge in [-0.3, -0.25) is 9.36 Å². The number of aryl methyl sites for hydroxylation is 1.